The molecule has 144 valence electrons. The van der Waals surface area contributed by atoms with Crippen molar-refractivity contribution in [1.29, 1.82) is 0 Å². The molecule has 0 saturated carbocycles. The van der Waals surface area contributed by atoms with Crippen molar-refractivity contribution in [2.75, 3.05) is 11.9 Å². The Morgan fingerprint density at radius 1 is 1.30 bits per heavy atom. The Balaban J connectivity index is 1.74. The number of alkyl halides is 2. The summed E-state index contributed by atoms with van der Waals surface area (Å²) < 4.78 is 30.8. The number of likely N-dealkylation sites (tertiary alicyclic amines) is 1. The molecule has 4 nitrogen and oxygen atoms in total. The van der Waals surface area contributed by atoms with Crippen LogP contribution < -0.4 is 10.1 Å². The van der Waals surface area contributed by atoms with Crippen LogP contribution >= 0.6 is 15.9 Å². The molecule has 1 atom stereocenters. The molecule has 27 heavy (non-hydrogen) atoms. The molecule has 1 fully saturated rings. The van der Waals surface area contributed by atoms with E-state index in [0.717, 1.165) is 15.7 Å². The molecule has 1 aliphatic rings. The summed E-state index contributed by atoms with van der Waals surface area (Å²) in [5.41, 5.74) is 1.64. The number of anilines is 1. The third-order valence-corrected chi connectivity index (χ3v) is 5.98. The molecule has 2 aromatic rings. The molecule has 1 amide bonds. The Morgan fingerprint density at radius 3 is 2.70 bits per heavy atom. The zero-order valence-corrected chi connectivity index (χ0v) is 16.7. The summed E-state index contributed by atoms with van der Waals surface area (Å²) in [5, 5.41) is 2.99. The van der Waals surface area contributed by atoms with Gasteiger partial charge in [-0.2, -0.15) is 8.78 Å². The standard InChI is InChI=1S/C20H21BrF2N2O2/c1-13-15(21)7-5-8-16(13)24-18(26)20(2)10-11-25(20)12-14-6-3-4-9-17(14)27-19(22)23/h3-9,19H,10-12H2,1-2H3,(H,24,26). The SMILES string of the molecule is Cc1c(Br)cccc1NC(=O)C1(C)CCN1Cc1ccccc1OC(F)F. The van der Waals surface area contributed by atoms with Crippen LogP contribution in [0.3, 0.4) is 0 Å². The minimum atomic E-state index is -2.88. The second-order valence-corrected chi connectivity index (χ2v) is 7.65. The zero-order chi connectivity index (χ0) is 19.6. The van der Waals surface area contributed by atoms with Crippen molar-refractivity contribution >= 4 is 27.5 Å². The summed E-state index contributed by atoms with van der Waals surface area (Å²) in [6, 6.07) is 12.3. The molecule has 1 unspecified atom stereocenters. The lowest BCUT2D eigenvalue weighted by Crippen LogP contribution is -2.63. The van der Waals surface area contributed by atoms with E-state index in [0.29, 0.717) is 25.1 Å². The van der Waals surface area contributed by atoms with Gasteiger partial charge in [0.2, 0.25) is 5.91 Å². The molecular weight excluding hydrogens is 418 g/mol. The third-order valence-electron chi connectivity index (χ3n) is 5.12. The first-order chi connectivity index (χ1) is 12.8. The van der Waals surface area contributed by atoms with Crippen LogP contribution in [0.4, 0.5) is 14.5 Å². The smallest absolute Gasteiger partial charge is 0.387 e. The summed E-state index contributed by atoms with van der Waals surface area (Å²) in [5.74, 6) is 0.0344. The van der Waals surface area contributed by atoms with E-state index in [1.807, 2.05) is 36.9 Å². The number of nitrogens with zero attached hydrogens (tertiary/aromatic N) is 1. The van der Waals surface area contributed by atoms with Crippen molar-refractivity contribution < 1.29 is 18.3 Å². The molecule has 0 aromatic heterocycles. The fraction of sp³-hybridized carbons (Fsp3) is 0.350. The number of carbonyl (C=O) groups is 1. The summed E-state index contributed by atoms with van der Waals surface area (Å²) >= 11 is 3.46. The van der Waals surface area contributed by atoms with Gasteiger partial charge in [-0.3, -0.25) is 9.69 Å². The number of hydrogen-bond donors (Lipinski definition) is 1. The van der Waals surface area contributed by atoms with Crippen LogP contribution in [0.1, 0.15) is 24.5 Å². The van der Waals surface area contributed by atoms with E-state index in [1.165, 1.54) is 6.07 Å². The number of halogens is 3. The largest absolute Gasteiger partial charge is 0.434 e. The molecule has 3 rings (SSSR count). The molecule has 1 saturated heterocycles. The quantitative estimate of drug-likeness (QED) is 0.692. The van der Waals surface area contributed by atoms with Gasteiger partial charge in [0.25, 0.3) is 0 Å². The number of nitrogens with one attached hydrogen (secondary N) is 1. The number of benzene rings is 2. The predicted molar refractivity (Wildman–Crippen MR) is 104 cm³/mol. The van der Waals surface area contributed by atoms with E-state index < -0.39 is 12.2 Å². The molecule has 1 aliphatic heterocycles. The van der Waals surface area contributed by atoms with Crippen LogP contribution in [0.5, 0.6) is 5.75 Å². The molecule has 2 aromatic carbocycles. The highest BCUT2D eigenvalue weighted by molar-refractivity contribution is 9.10. The molecule has 7 heteroatoms. The van der Waals surface area contributed by atoms with Crippen LogP contribution in [0.2, 0.25) is 0 Å². The Hall–Kier alpha value is -1.99. The van der Waals surface area contributed by atoms with Crippen molar-refractivity contribution in [2.24, 2.45) is 0 Å². The van der Waals surface area contributed by atoms with Gasteiger partial charge in [-0.05, 0) is 44.0 Å². The maximum atomic E-state index is 12.9. The van der Waals surface area contributed by atoms with Crippen molar-refractivity contribution in [3.05, 3.63) is 58.1 Å². The topological polar surface area (TPSA) is 41.6 Å². The van der Waals surface area contributed by atoms with Crippen LogP contribution in [-0.4, -0.2) is 29.5 Å². The van der Waals surface area contributed by atoms with Gasteiger partial charge in [-0.1, -0.05) is 40.2 Å². The summed E-state index contributed by atoms with van der Waals surface area (Å²) in [6.45, 7) is 2.00. The first-order valence-electron chi connectivity index (χ1n) is 8.65. The van der Waals surface area contributed by atoms with Crippen molar-refractivity contribution in [3.8, 4) is 5.75 Å². The summed E-state index contributed by atoms with van der Waals surface area (Å²) in [4.78, 5) is 14.9. The molecule has 1 heterocycles. The Bertz CT molecular complexity index is 846. The van der Waals surface area contributed by atoms with Gasteiger partial charge >= 0.3 is 6.61 Å². The Kier molecular flexibility index (Phi) is 5.81. The summed E-state index contributed by atoms with van der Waals surface area (Å²) in [6.07, 6.45) is 0.698. The van der Waals surface area contributed by atoms with Gasteiger partial charge in [0, 0.05) is 28.8 Å². The molecule has 0 spiro atoms. The van der Waals surface area contributed by atoms with Crippen molar-refractivity contribution in [1.82, 2.24) is 4.90 Å². The number of para-hydroxylation sites is 1. The average Bonchev–Trinajstić information content (AvgIpc) is 2.62. The lowest BCUT2D eigenvalue weighted by Gasteiger charge is -2.49. The summed E-state index contributed by atoms with van der Waals surface area (Å²) in [7, 11) is 0. The Morgan fingerprint density at radius 2 is 2.04 bits per heavy atom. The molecule has 0 aliphatic carbocycles. The molecular formula is C20H21BrF2N2O2. The highest BCUT2D eigenvalue weighted by Gasteiger charge is 2.47. The minimum Gasteiger partial charge on any atom is -0.434 e. The second kappa shape index (κ2) is 7.94. The average molecular weight is 439 g/mol. The van der Waals surface area contributed by atoms with Crippen LogP contribution in [0.15, 0.2) is 46.9 Å². The van der Waals surface area contributed by atoms with Crippen LogP contribution in [0, 0.1) is 6.92 Å². The fourth-order valence-corrected chi connectivity index (χ4v) is 3.53. The highest BCUT2D eigenvalue weighted by Crippen LogP contribution is 2.35. The first-order valence-corrected chi connectivity index (χ1v) is 9.45. The molecule has 0 bridgehead atoms. The molecule has 1 N–H and O–H groups in total. The Labute approximate surface area is 165 Å². The number of ether oxygens (including phenoxy) is 1. The van der Waals surface area contributed by atoms with E-state index >= 15 is 0 Å². The monoisotopic (exact) mass is 438 g/mol. The van der Waals surface area contributed by atoms with E-state index in [1.54, 1.807) is 18.2 Å². The van der Waals surface area contributed by atoms with E-state index in [9.17, 15) is 13.6 Å². The van der Waals surface area contributed by atoms with Crippen molar-refractivity contribution in [2.45, 2.75) is 39.0 Å². The highest BCUT2D eigenvalue weighted by atomic mass is 79.9. The third kappa shape index (κ3) is 4.14. The van der Waals surface area contributed by atoms with Gasteiger partial charge in [-0.15, -0.1) is 0 Å². The van der Waals surface area contributed by atoms with Gasteiger partial charge in [-0.25, -0.2) is 0 Å². The van der Waals surface area contributed by atoms with E-state index in [4.69, 9.17) is 0 Å². The first kappa shape index (κ1) is 19.8. The second-order valence-electron chi connectivity index (χ2n) is 6.80. The van der Waals surface area contributed by atoms with Crippen LogP contribution in [0.25, 0.3) is 0 Å². The number of amides is 1. The normalized spacial score (nSPS) is 19.6. The maximum Gasteiger partial charge on any atom is 0.387 e. The lowest BCUT2D eigenvalue weighted by atomic mass is 9.85. The van der Waals surface area contributed by atoms with E-state index in [-0.39, 0.29) is 11.7 Å². The lowest BCUT2D eigenvalue weighted by molar-refractivity contribution is -0.136. The maximum absolute atomic E-state index is 12.9. The van der Waals surface area contributed by atoms with Crippen molar-refractivity contribution in [3.63, 3.8) is 0 Å². The predicted octanol–water partition coefficient (Wildman–Crippen LogP) is 4.96. The fourth-order valence-electron chi connectivity index (χ4n) is 3.17. The number of carbonyl (C=O) groups excluding carboxylic acids is 1. The van der Waals surface area contributed by atoms with E-state index in [2.05, 4.69) is 26.0 Å². The van der Waals surface area contributed by atoms with Gasteiger partial charge < -0.3 is 10.1 Å². The van der Waals surface area contributed by atoms with Gasteiger partial charge in [0.1, 0.15) is 5.75 Å². The molecule has 0 radical (unpaired) electrons. The zero-order valence-electron chi connectivity index (χ0n) is 15.1. The number of hydrogen-bond acceptors (Lipinski definition) is 3. The van der Waals surface area contributed by atoms with Gasteiger partial charge in [0.05, 0.1) is 5.54 Å². The number of rotatable bonds is 6. The minimum absolute atomic E-state index is 0.109. The van der Waals surface area contributed by atoms with Gasteiger partial charge in [0.15, 0.2) is 0 Å². The van der Waals surface area contributed by atoms with Crippen LogP contribution in [-0.2, 0) is 11.3 Å².